The number of benzene rings is 3. The maximum Gasteiger partial charge on any atom is 0.151 e. The highest BCUT2D eigenvalue weighted by Crippen LogP contribution is 2.35. The largest absolute Gasteiger partial charge is 0.300 e. The van der Waals surface area contributed by atoms with Crippen molar-refractivity contribution in [3.8, 4) is 0 Å². The van der Waals surface area contributed by atoms with Crippen molar-refractivity contribution in [1.82, 2.24) is 0 Å². The Kier molecular flexibility index (Phi) is 4.85. The maximum absolute atomic E-state index is 12.4. The number of Topliss-reactive ketones (excluding diaryl/α,β-unsaturated/α-hetero) is 1. The summed E-state index contributed by atoms with van der Waals surface area (Å²) in [6.07, 6.45) is 3.62. The summed E-state index contributed by atoms with van der Waals surface area (Å²) in [5.74, 6) is 0.431. The summed E-state index contributed by atoms with van der Waals surface area (Å²) >= 11 is 0. The van der Waals surface area contributed by atoms with E-state index in [0.717, 1.165) is 19.3 Å². The molecule has 0 amide bonds. The smallest absolute Gasteiger partial charge is 0.151 e. The molecule has 0 N–H and O–H groups in total. The minimum atomic E-state index is -2.29. The molecular weight excluding hydrogens is 332 g/mol. The molecule has 1 fully saturated rings. The molecule has 1 saturated carbocycles. The Morgan fingerprint density at radius 2 is 1.08 bits per heavy atom. The minimum absolute atomic E-state index is 0.413. The van der Waals surface area contributed by atoms with E-state index in [0.29, 0.717) is 17.7 Å². The van der Waals surface area contributed by atoms with Crippen LogP contribution in [0.5, 0.6) is 0 Å². The predicted octanol–water partition coefficient (Wildman–Crippen LogP) is 3.67. The first-order valence-corrected chi connectivity index (χ1v) is 11.6. The molecule has 1 atom stereocenters. The van der Waals surface area contributed by atoms with Gasteiger partial charge in [-0.2, -0.15) is 0 Å². The van der Waals surface area contributed by atoms with E-state index in [1.54, 1.807) is 0 Å². The van der Waals surface area contributed by atoms with Crippen molar-refractivity contribution in [2.45, 2.75) is 31.2 Å². The third-order valence-corrected chi connectivity index (χ3v) is 11.2. The van der Waals surface area contributed by atoms with Gasteiger partial charge in [0.1, 0.15) is 5.78 Å². The van der Waals surface area contributed by atoms with E-state index in [1.165, 1.54) is 15.6 Å². The summed E-state index contributed by atoms with van der Waals surface area (Å²) < 4.78 is 0. The van der Waals surface area contributed by atoms with Crippen molar-refractivity contribution in [1.29, 1.82) is 0 Å². The number of hydrogen-bond acceptors (Lipinski definition) is 1. The lowest BCUT2D eigenvalue weighted by atomic mass is 9.99. The Morgan fingerprint density at radius 3 is 1.46 bits per heavy atom. The predicted molar refractivity (Wildman–Crippen MR) is 111 cm³/mol. The Labute approximate surface area is 156 Å². The zero-order valence-corrected chi connectivity index (χ0v) is 16.0. The average molecular weight is 357 g/mol. The van der Waals surface area contributed by atoms with Gasteiger partial charge in [-0.1, -0.05) is 97.4 Å². The topological polar surface area (TPSA) is 17.1 Å². The number of carbonyl (C=O) groups excluding carboxylic acids is 1. The average Bonchev–Trinajstić information content (AvgIpc) is 2.71. The summed E-state index contributed by atoms with van der Waals surface area (Å²) in [5, 5.41) is 4.24. The Bertz CT molecular complexity index is 762. The molecule has 1 aliphatic carbocycles. The molecule has 26 heavy (non-hydrogen) atoms. The van der Waals surface area contributed by atoms with E-state index >= 15 is 0 Å². The fourth-order valence-corrected chi connectivity index (χ4v) is 10.4. The van der Waals surface area contributed by atoms with Crippen LogP contribution in [0.15, 0.2) is 91.0 Å². The zero-order valence-electron chi connectivity index (χ0n) is 15.0. The van der Waals surface area contributed by atoms with Crippen LogP contribution in [0.3, 0.4) is 0 Å². The van der Waals surface area contributed by atoms with Gasteiger partial charge in [0, 0.05) is 12.8 Å². The van der Waals surface area contributed by atoms with Crippen LogP contribution < -0.4 is 15.6 Å². The highest BCUT2D eigenvalue weighted by atomic mass is 28.3. The summed E-state index contributed by atoms with van der Waals surface area (Å²) in [6.45, 7) is 0. The van der Waals surface area contributed by atoms with Gasteiger partial charge in [-0.25, -0.2) is 0 Å². The van der Waals surface area contributed by atoms with Gasteiger partial charge in [0.05, 0.1) is 0 Å². The second kappa shape index (κ2) is 7.43. The second-order valence-electron chi connectivity index (χ2n) is 7.24. The number of hydrogen-bond donors (Lipinski definition) is 0. The van der Waals surface area contributed by atoms with Gasteiger partial charge in [0.25, 0.3) is 0 Å². The molecule has 0 heterocycles. The molecule has 3 aromatic carbocycles. The monoisotopic (exact) mass is 356 g/mol. The fraction of sp³-hybridized carbons (Fsp3) is 0.208. The number of rotatable bonds is 4. The van der Waals surface area contributed by atoms with E-state index in [1.807, 2.05) is 0 Å². The summed E-state index contributed by atoms with van der Waals surface area (Å²) in [6, 6.07) is 32.8. The first-order valence-electron chi connectivity index (χ1n) is 9.50. The SMILES string of the molecule is O=C1CCCC([Si](c2ccccc2)(c2ccccc2)c2ccccc2)C1. The molecule has 0 bridgehead atoms. The third kappa shape index (κ3) is 2.95. The van der Waals surface area contributed by atoms with E-state index in [-0.39, 0.29) is 0 Å². The fourth-order valence-electron chi connectivity index (χ4n) is 4.70. The maximum atomic E-state index is 12.4. The van der Waals surface area contributed by atoms with Gasteiger partial charge in [0.15, 0.2) is 8.07 Å². The summed E-state index contributed by atoms with van der Waals surface area (Å²) in [4.78, 5) is 12.4. The van der Waals surface area contributed by atoms with Crippen LogP contribution in [-0.4, -0.2) is 13.9 Å². The quantitative estimate of drug-likeness (QED) is 0.515. The molecule has 0 aliphatic heterocycles. The highest BCUT2D eigenvalue weighted by Gasteiger charge is 2.47. The molecule has 1 unspecified atom stereocenters. The van der Waals surface area contributed by atoms with Crippen molar-refractivity contribution in [2.75, 3.05) is 0 Å². The molecule has 2 heteroatoms. The molecule has 1 nitrogen and oxygen atoms in total. The molecule has 0 aromatic heterocycles. The summed E-state index contributed by atoms with van der Waals surface area (Å²) in [5.41, 5.74) is 0.413. The Hall–Kier alpha value is -2.45. The Balaban J connectivity index is 2.02. The molecule has 0 spiro atoms. The standard InChI is InChI=1S/C24H24OSi/c25-20-11-10-18-24(19-20)26(21-12-4-1-5-13-21,22-14-6-2-7-15-22)23-16-8-3-9-17-23/h1-9,12-17,24H,10-11,18-19H2. The lowest BCUT2D eigenvalue weighted by molar-refractivity contribution is -0.120. The summed E-state index contributed by atoms with van der Waals surface area (Å²) in [7, 11) is -2.29. The lowest BCUT2D eigenvalue weighted by Gasteiger charge is -2.42. The third-order valence-electron chi connectivity index (χ3n) is 5.78. The molecule has 130 valence electrons. The molecule has 1 aliphatic rings. The number of ketones is 1. The van der Waals surface area contributed by atoms with Crippen LogP contribution in [0.1, 0.15) is 25.7 Å². The molecule has 0 radical (unpaired) electrons. The van der Waals surface area contributed by atoms with Gasteiger partial charge in [-0.05, 0) is 27.5 Å². The van der Waals surface area contributed by atoms with Crippen molar-refractivity contribution in [3.05, 3.63) is 91.0 Å². The highest BCUT2D eigenvalue weighted by molar-refractivity contribution is 7.12. The van der Waals surface area contributed by atoms with Gasteiger partial charge >= 0.3 is 0 Å². The van der Waals surface area contributed by atoms with E-state index in [9.17, 15) is 4.79 Å². The first kappa shape index (κ1) is 17.0. The van der Waals surface area contributed by atoms with Crippen molar-refractivity contribution in [3.63, 3.8) is 0 Å². The zero-order chi connectivity index (χ0) is 17.8. The van der Waals surface area contributed by atoms with Crippen molar-refractivity contribution >= 4 is 29.4 Å². The number of carbonyl (C=O) groups is 1. The lowest BCUT2D eigenvalue weighted by Crippen LogP contribution is -2.70. The first-order chi connectivity index (χ1) is 12.8. The van der Waals surface area contributed by atoms with E-state index in [4.69, 9.17) is 0 Å². The second-order valence-corrected chi connectivity index (χ2v) is 11.4. The van der Waals surface area contributed by atoms with Gasteiger partial charge < -0.3 is 0 Å². The van der Waals surface area contributed by atoms with Crippen LogP contribution in [0, 0.1) is 0 Å². The van der Waals surface area contributed by atoms with Crippen LogP contribution >= 0.6 is 0 Å². The Morgan fingerprint density at radius 1 is 0.654 bits per heavy atom. The van der Waals surface area contributed by atoms with Crippen LogP contribution in [0.2, 0.25) is 5.54 Å². The molecule has 0 saturated heterocycles. The van der Waals surface area contributed by atoms with Gasteiger partial charge in [-0.15, -0.1) is 0 Å². The molecular formula is C24H24OSi. The molecule has 4 rings (SSSR count). The normalized spacial score (nSPS) is 17.8. The van der Waals surface area contributed by atoms with Crippen molar-refractivity contribution < 1.29 is 4.79 Å². The van der Waals surface area contributed by atoms with Crippen molar-refractivity contribution in [2.24, 2.45) is 0 Å². The van der Waals surface area contributed by atoms with Crippen LogP contribution in [0.4, 0.5) is 0 Å². The van der Waals surface area contributed by atoms with Crippen LogP contribution in [-0.2, 0) is 4.79 Å². The minimum Gasteiger partial charge on any atom is -0.300 e. The molecule has 3 aromatic rings. The van der Waals surface area contributed by atoms with Gasteiger partial charge in [-0.3, -0.25) is 4.79 Å². The van der Waals surface area contributed by atoms with Crippen LogP contribution in [0.25, 0.3) is 0 Å². The van der Waals surface area contributed by atoms with E-state index in [2.05, 4.69) is 91.0 Å². The van der Waals surface area contributed by atoms with Gasteiger partial charge in [0.2, 0.25) is 0 Å². The van der Waals surface area contributed by atoms with E-state index < -0.39 is 8.07 Å².